The lowest BCUT2D eigenvalue weighted by Gasteiger charge is -2.31. The van der Waals surface area contributed by atoms with E-state index in [-0.39, 0.29) is 0 Å². The van der Waals surface area contributed by atoms with Crippen LogP contribution in [-0.4, -0.2) is 62.1 Å². The van der Waals surface area contributed by atoms with Crippen molar-refractivity contribution < 1.29 is 0 Å². The van der Waals surface area contributed by atoms with Gasteiger partial charge >= 0.3 is 0 Å². The summed E-state index contributed by atoms with van der Waals surface area (Å²) >= 11 is 1.86. The molecule has 0 atom stereocenters. The summed E-state index contributed by atoms with van der Waals surface area (Å²) < 4.78 is 0. The van der Waals surface area contributed by atoms with Crippen LogP contribution in [0.25, 0.3) is 0 Å². The van der Waals surface area contributed by atoms with Gasteiger partial charge in [0.15, 0.2) is 5.96 Å². The van der Waals surface area contributed by atoms with Crippen molar-refractivity contribution in [2.75, 3.05) is 51.3 Å². The minimum absolute atomic E-state index is 0.763. The van der Waals surface area contributed by atoms with E-state index in [1.165, 1.54) is 38.9 Å². The summed E-state index contributed by atoms with van der Waals surface area (Å²) in [7, 11) is 0. The van der Waals surface area contributed by atoms with E-state index in [1.807, 2.05) is 11.8 Å². The maximum atomic E-state index is 4.75. The molecule has 2 N–H and O–H groups in total. The average molecular weight is 301 g/mol. The van der Waals surface area contributed by atoms with E-state index in [9.17, 15) is 0 Å². The van der Waals surface area contributed by atoms with Gasteiger partial charge in [-0.25, -0.2) is 0 Å². The maximum absolute atomic E-state index is 4.75. The van der Waals surface area contributed by atoms with Gasteiger partial charge in [0.25, 0.3) is 0 Å². The Bertz CT molecular complexity index is 263. The Morgan fingerprint density at radius 3 is 2.60 bits per heavy atom. The molecule has 1 saturated heterocycles. The molecule has 0 radical (unpaired) electrons. The third-order valence-corrected chi connectivity index (χ3v) is 4.31. The molecule has 118 valence electrons. The first-order chi connectivity index (χ1) is 9.80. The molecule has 1 aliphatic heterocycles. The number of rotatable bonds is 8. The molecule has 0 aromatic rings. The zero-order chi connectivity index (χ0) is 14.6. The van der Waals surface area contributed by atoms with Gasteiger partial charge in [0.2, 0.25) is 0 Å². The predicted octanol–water partition coefficient (Wildman–Crippen LogP) is 2.03. The molecular formula is C15H32N4S. The number of hydrogen-bond donors (Lipinski definition) is 2. The number of nitrogens with one attached hydrogen (secondary N) is 2. The topological polar surface area (TPSA) is 39.7 Å². The first-order valence-electron chi connectivity index (χ1n) is 8.03. The standard InChI is InChI=1S/C15H32N4S/c1-4-9-19-10-6-14(7-11-19)13-18-15(16-5-2)17-8-12-20-3/h14H,4-13H2,1-3H3,(H2,16,17,18). The SMILES string of the molecule is CCCN1CCC(CN=C(NCC)NCCSC)CC1. The molecule has 1 fully saturated rings. The van der Waals surface area contributed by atoms with Crippen molar-refractivity contribution in [3.8, 4) is 0 Å². The van der Waals surface area contributed by atoms with Crippen molar-refractivity contribution in [1.29, 1.82) is 0 Å². The van der Waals surface area contributed by atoms with E-state index in [4.69, 9.17) is 4.99 Å². The minimum Gasteiger partial charge on any atom is -0.357 e. The molecule has 5 heteroatoms. The van der Waals surface area contributed by atoms with E-state index in [1.54, 1.807) is 0 Å². The monoisotopic (exact) mass is 300 g/mol. The molecular weight excluding hydrogens is 268 g/mol. The van der Waals surface area contributed by atoms with Crippen molar-refractivity contribution in [2.45, 2.75) is 33.1 Å². The van der Waals surface area contributed by atoms with Crippen LogP contribution in [0.4, 0.5) is 0 Å². The Morgan fingerprint density at radius 2 is 2.00 bits per heavy atom. The van der Waals surface area contributed by atoms with Crippen LogP contribution in [0.15, 0.2) is 4.99 Å². The fraction of sp³-hybridized carbons (Fsp3) is 0.933. The molecule has 1 heterocycles. The summed E-state index contributed by atoms with van der Waals surface area (Å²) in [5.41, 5.74) is 0. The van der Waals surface area contributed by atoms with Crippen molar-refractivity contribution >= 4 is 17.7 Å². The minimum atomic E-state index is 0.763. The number of piperidine rings is 1. The Hall–Kier alpha value is -0.420. The van der Waals surface area contributed by atoms with Crippen LogP contribution in [0.3, 0.4) is 0 Å². The van der Waals surface area contributed by atoms with E-state index >= 15 is 0 Å². The normalized spacial score (nSPS) is 18.2. The lowest BCUT2D eigenvalue weighted by atomic mass is 9.97. The quantitative estimate of drug-likeness (QED) is 0.409. The van der Waals surface area contributed by atoms with Crippen molar-refractivity contribution in [3.63, 3.8) is 0 Å². The van der Waals surface area contributed by atoms with Crippen LogP contribution in [0.5, 0.6) is 0 Å². The van der Waals surface area contributed by atoms with Crippen molar-refractivity contribution in [1.82, 2.24) is 15.5 Å². The number of thioether (sulfide) groups is 1. The number of nitrogens with zero attached hydrogens (tertiary/aromatic N) is 2. The number of guanidine groups is 1. The maximum Gasteiger partial charge on any atom is 0.191 e. The van der Waals surface area contributed by atoms with Crippen molar-refractivity contribution in [3.05, 3.63) is 0 Å². The zero-order valence-corrected chi connectivity index (χ0v) is 14.3. The number of hydrogen-bond acceptors (Lipinski definition) is 3. The summed E-state index contributed by atoms with van der Waals surface area (Å²) in [5, 5.41) is 6.73. The Balaban J connectivity index is 2.28. The van der Waals surface area contributed by atoms with Crippen LogP contribution in [0, 0.1) is 5.92 Å². The second-order valence-corrected chi connectivity index (χ2v) is 6.41. The molecule has 4 nitrogen and oxygen atoms in total. The van der Waals surface area contributed by atoms with Gasteiger partial charge in [-0.1, -0.05) is 6.92 Å². The van der Waals surface area contributed by atoms with Crippen LogP contribution < -0.4 is 10.6 Å². The third-order valence-electron chi connectivity index (χ3n) is 3.70. The second-order valence-electron chi connectivity index (χ2n) is 5.42. The Morgan fingerprint density at radius 1 is 1.25 bits per heavy atom. The molecule has 0 aromatic heterocycles. The van der Waals surface area contributed by atoms with E-state index in [0.29, 0.717) is 0 Å². The second kappa shape index (κ2) is 11.3. The molecule has 0 aliphatic carbocycles. The highest BCUT2D eigenvalue weighted by atomic mass is 32.2. The fourth-order valence-corrected chi connectivity index (χ4v) is 2.85. The molecule has 0 amide bonds. The Labute approximate surface area is 129 Å². The van der Waals surface area contributed by atoms with Crippen LogP contribution in [0.2, 0.25) is 0 Å². The summed E-state index contributed by atoms with van der Waals surface area (Å²) in [5.74, 6) is 2.87. The van der Waals surface area contributed by atoms with E-state index in [0.717, 1.165) is 37.3 Å². The van der Waals surface area contributed by atoms with E-state index in [2.05, 4.69) is 35.6 Å². The van der Waals surface area contributed by atoms with Gasteiger partial charge < -0.3 is 15.5 Å². The molecule has 0 saturated carbocycles. The van der Waals surface area contributed by atoms with E-state index < -0.39 is 0 Å². The van der Waals surface area contributed by atoms with Crippen LogP contribution >= 0.6 is 11.8 Å². The first-order valence-corrected chi connectivity index (χ1v) is 9.43. The van der Waals surface area contributed by atoms with Gasteiger partial charge in [0.1, 0.15) is 0 Å². The summed E-state index contributed by atoms with van der Waals surface area (Å²) in [4.78, 5) is 7.33. The molecule has 0 spiro atoms. The highest BCUT2D eigenvalue weighted by Gasteiger charge is 2.18. The van der Waals surface area contributed by atoms with Crippen molar-refractivity contribution in [2.24, 2.45) is 10.9 Å². The number of likely N-dealkylation sites (tertiary alicyclic amines) is 1. The summed E-state index contributed by atoms with van der Waals surface area (Å²) in [6.07, 6.45) is 6.00. The smallest absolute Gasteiger partial charge is 0.191 e. The third kappa shape index (κ3) is 7.39. The molecule has 1 rings (SSSR count). The van der Waals surface area contributed by atoms with Gasteiger partial charge in [-0.3, -0.25) is 4.99 Å². The summed E-state index contributed by atoms with van der Waals surface area (Å²) in [6, 6.07) is 0. The van der Waals surface area contributed by atoms with Crippen LogP contribution in [-0.2, 0) is 0 Å². The molecule has 0 aromatic carbocycles. The predicted molar refractivity (Wildman–Crippen MR) is 91.8 cm³/mol. The number of aliphatic imine (C=N–C) groups is 1. The lowest BCUT2D eigenvalue weighted by molar-refractivity contribution is 0.188. The zero-order valence-electron chi connectivity index (χ0n) is 13.5. The van der Waals surface area contributed by atoms with Gasteiger partial charge in [-0.15, -0.1) is 0 Å². The highest BCUT2D eigenvalue weighted by Crippen LogP contribution is 2.17. The average Bonchev–Trinajstić information content (AvgIpc) is 2.47. The first kappa shape index (κ1) is 17.6. The van der Waals surface area contributed by atoms with Crippen LogP contribution in [0.1, 0.15) is 33.1 Å². The Kier molecular flexibility index (Phi) is 9.93. The summed E-state index contributed by atoms with van der Waals surface area (Å²) in [6.45, 7) is 11.0. The largest absolute Gasteiger partial charge is 0.357 e. The van der Waals surface area contributed by atoms with Gasteiger partial charge in [0.05, 0.1) is 0 Å². The lowest BCUT2D eigenvalue weighted by Crippen LogP contribution is -2.39. The van der Waals surface area contributed by atoms with Gasteiger partial charge in [0, 0.05) is 25.4 Å². The van der Waals surface area contributed by atoms with Gasteiger partial charge in [-0.05, 0) is 58.0 Å². The van der Waals surface area contributed by atoms with Gasteiger partial charge in [-0.2, -0.15) is 11.8 Å². The molecule has 1 aliphatic rings. The molecule has 0 unspecified atom stereocenters. The molecule has 20 heavy (non-hydrogen) atoms. The molecule has 0 bridgehead atoms. The fourth-order valence-electron chi connectivity index (χ4n) is 2.54. The highest BCUT2D eigenvalue weighted by molar-refractivity contribution is 7.98.